The Labute approximate surface area is 123 Å². The van der Waals surface area contributed by atoms with Crippen LogP contribution in [0.4, 0.5) is 5.13 Å². The molecule has 0 unspecified atom stereocenters. The summed E-state index contributed by atoms with van der Waals surface area (Å²) in [5.74, 6) is 0.0142. The second kappa shape index (κ2) is 6.52. The van der Waals surface area contributed by atoms with Gasteiger partial charge in [-0.2, -0.15) is 0 Å². The first-order valence-corrected chi connectivity index (χ1v) is 7.41. The van der Waals surface area contributed by atoms with Crippen LogP contribution < -0.4 is 10.2 Å². The lowest BCUT2D eigenvalue weighted by atomic mass is 10.1. The number of hydrogen-bond donors (Lipinski definition) is 1. The summed E-state index contributed by atoms with van der Waals surface area (Å²) in [6.07, 6.45) is 0.847. The van der Waals surface area contributed by atoms with E-state index in [9.17, 15) is 4.79 Å². The number of carbonyl (C=O) groups excluding carboxylic acids is 1. The maximum absolute atomic E-state index is 10.8. The van der Waals surface area contributed by atoms with Gasteiger partial charge >= 0.3 is 0 Å². The highest BCUT2D eigenvalue weighted by Gasteiger charge is 2.05. The highest BCUT2D eigenvalue weighted by molar-refractivity contribution is 7.14. The van der Waals surface area contributed by atoms with Gasteiger partial charge < -0.3 is 10.2 Å². The topological polar surface area (TPSA) is 45.2 Å². The molecule has 4 nitrogen and oxygen atoms in total. The van der Waals surface area contributed by atoms with Gasteiger partial charge in [0.1, 0.15) is 0 Å². The summed E-state index contributed by atoms with van der Waals surface area (Å²) in [5.41, 5.74) is 3.34. The molecule has 5 heteroatoms. The van der Waals surface area contributed by atoms with Crippen LogP contribution in [0.2, 0.25) is 0 Å². The van der Waals surface area contributed by atoms with Gasteiger partial charge in [-0.3, -0.25) is 4.79 Å². The molecule has 106 valence electrons. The largest absolute Gasteiger partial charge is 0.356 e. The van der Waals surface area contributed by atoms with Crippen molar-refractivity contribution in [2.75, 3.05) is 25.5 Å². The van der Waals surface area contributed by atoms with Crippen molar-refractivity contribution in [3.8, 4) is 11.3 Å². The third-order valence-electron chi connectivity index (χ3n) is 2.91. The average molecular weight is 289 g/mol. The second-order valence-electron chi connectivity index (χ2n) is 4.84. The number of carbonyl (C=O) groups is 1. The van der Waals surface area contributed by atoms with Crippen molar-refractivity contribution in [3.05, 3.63) is 35.2 Å². The number of anilines is 1. The molecule has 0 atom stereocenters. The maximum atomic E-state index is 10.8. The highest BCUT2D eigenvalue weighted by Crippen LogP contribution is 2.26. The third-order valence-corrected chi connectivity index (χ3v) is 3.92. The Morgan fingerprint density at radius 3 is 2.55 bits per heavy atom. The highest BCUT2D eigenvalue weighted by atomic mass is 32.1. The average Bonchev–Trinajstić information content (AvgIpc) is 2.89. The molecule has 0 aliphatic heterocycles. The van der Waals surface area contributed by atoms with Crippen LogP contribution in [0.25, 0.3) is 11.3 Å². The fourth-order valence-electron chi connectivity index (χ4n) is 1.83. The van der Waals surface area contributed by atoms with E-state index < -0.39 is 0 Å². The molecule has 1 heterocycles. The van der Waals surface area contributed by atoms with Crippen molar-refractivity contribution in [1.29, 1.82) is 0 Å². The van der Waals surface area contributed by atoms with E-state index in [0.29, 0.717) is 6.54 Å². The first-order valence-electron chi connectivity index (χ1n) is 6.53. The molecule has 0 spiro atoms. The van der Waals surface area contributed by atoms with Gasteiger partial charge in [0.05, 0.1) is 5.69 Å². The molecule has 0 radical (unpaired) electrons. The quantitative estimate of drug-likeness (QED) is 0.920. The van der Waals surface area contributed by atoms with E-state index in [1.54, 1.807) is 11.3 Å². The molecule has 0 aliphatic rings. The Balaban J connectivity index is 2.01. The number of benzene rings is 1. The third kappa shape index (κ3) is 3.81. The molecule has 1 aromatic heterocycles. The minimum atomic E-state index is 0.0142. The van der Waals surface area contributed by atoms with Gasteiger partial charge in [0.25, 0.3) is 0 Å². The van der Waals surface area contributed by atoms with Crippen LogP contribution in [-0.4, -0.2) is 31.5 Å². The molecule has 1 N–H and O–H groups in total. The lowest BCUT2D eigenvalue weighted by molar-refractivity contribution is -0.118. The summed E-state index contributed by atoms with van der Waals surface area (Å²) in [4.78, 5) is 17.4. The Hall–Kier alpha value is -1.88. The van der Waals surface area contributed by atoms with Crippen LogP contribution >= 0.6 is 11.3 Å². The molecule has 0 fully saturated rings. The van der Waals surface area contributed by atoms with Crippen LogP contribution in [0.3, 0.4) is 0 Å². The number of amides is 1. The molecule has 0 aliphatic carbocycles. The van der Waals surface area contributed by atoms with Crippen LogP contribution in [0.15, 0.2) is 29.6 Å². The van der Waals surface area contributed by atoms with E-state index in [1.807, 2.05) is 19.0 Å². The summed E-state index contributed by atoms with van der Waals surface area (Å²) >= 11 is 1.64. The molecule has 0 saturated heterocycles. The lowest BCUT2D eigenvalue weighted by Gasteiger charge is -2.06. The maximum Gasteiger partial charge on any atom is 0.216 e. The number of aromatic nitrogens is 1. The molecular weight excluding hydrogens is 270 g/mol. The number of nitrogens with zero attached hydrogens (tertiary/aromatic N) is 2. The molecule has 1 amide bonds. The normalized spacial score (nSPS) is 10.3. The van der Waals surface area contributed by atoms with Crippen LogP contribution in [0, 0.1) is 0 Å². The predicted octanol–water partition coefficient (Wildman–Crippen LogP) is 2.55. The zero-order chi connectivity index (χ0) is 14.5. The van der Waals surface area contributed by atoms with Crippen molar-refractivity contribution in [2.45, 2.75) is 13.3 Å². The van der Waals surface area contributed by atoms with E-state index >= 15 is 0 Å². The summed E-state index contributed by atoms with van der Waals surface area (Å²) in [5, 5.41) is 5.88. The monoisotopic (exact) mass is 289 g/mol. The summed E-state index contributed by atoms with van der Waals surface area (Å²) < 4.78 is 0. The first kappa shape index (κ1) is 14.5. The Morgan fingerprint density at radius 2 is 2.00 bits per heavy atom. The smallest absolute Gasteiger partial charge is 0.216 e. The molecule has 1 aromatic carbocycles. The minimum absolute atomic E-state index is 0.0142. The van der Waals surface area contributed by atoms with Gasteiger partial charge in [-0.25, -0.2) is 4.98 Å². The van der Waals surface area contributed by atoms with Gasteiger partial charge in [0.2, 0.25) is 5.91 Å². The molecule has 0 bridgehead atoms. The van der Waals surface area contributed by atoms with Crippen molar-refractivity contribution in [2.24, 2.45) is 0 Å². The molecule has 0 saturated carbocycles. The van der Waals surface area contributed by atoms with E-state index in [1.165, 1.54) is 12.5 Å². The van der Waals surface area contributed by atoms with Gasteiger partial charge in [-0.1, -0.05) is 24.3 Å². The van der Waals surface area contributed by atoms with Crippen molar-refractivity contribution in [3.63, 3.8) is 0 Å². The van der Waals surface area contributed by atoms with E-state index in [2.05, 4.69) is 39.9 Å². The van der Waals surface area contributed by atoms with Crippen LogP contribution in [-0.2, 0) is 11.2 Å². The SMILES string of the molecule is CC(=O)NCCc1ccc(-c2csc(N(C)C)n2)cc1. The fraction of sp³-hybridized carbons (Fsp3) is 0.333. The fourth-order valence-corrected chi connectivity index (χ4v) is 2.60. The number of nitrogens with one attached hydrogen (secondary N) is 1. The van der Waals surface area contributed by atoms with Crippen molar-refractivity contribution < 1.29 is 4.79 Å². The number of thiazole rings is 1. The van der Waals surface area contributed by atoms with Crippen molar-refractivity contribution in [1.82, 2.24) is 10.3 Å². The molecular formula is C15H19N3OS. The van der Waals surface area contributed by atoms with Gasteiger partial charge in [0, 0.05) is 38.5 Å². The Bertz CT molecular complexity index is 575. The summed E-state index contributed by atoms with van der Waals surface area (Å²) in [7, 11) is 3.99. The summed E-state index contributed by atoms with van der Waals surface area (Å²) in [6, 6.07) is 8.34. The van der Waals surface area contributed by atoms with Crippen LogP contribution in [0.5, 0.6) is 0 Å². The Morgan fingerprint density at radius 1 is 1.30 bits per heavy atom. The molecule has 2 aromatic rings. The standard InChI is InChI=1S/C15H19N3OS/c1-11(19)16-9-8-12-4-6-13(7-5-12)14-10-20-15(17-14)18(2)3/h4-7,10H,8-9H2,1-3H3,(H,16,19). The lowest BCUT2D eigenvalue weighted by Crippen LogP contribution is -2.22. The van der Waals surface area contributed by atoms with E-state index in [-0.39, 0.29) is 5.91 Å². The molecule has 2 rings (SSSR count). The number of rotatable bonds is 5. The van der Waals surface area contributed by atoms with Crippen molar-refractivity contribution >= 4 is 22.4 Å². The zero-order valence-corrected chi connectivity index (χ0v) is 12.8. The second-order valence-corrected chi connectivity index (χ2v) is 5.68. The molecule has 20 heavy (non-hydrogen) atoms. The van der Waals surface area contributed by atoms with Gasteiger partial charge in [0.15, 0.2) is 5.13 Å². The van der Waals surface area contributed by atoms with E-state index in [4.69, 9.17) is 0 Å². The Kier molecular flexibility index (Phi) is 4.74. The number of hydrogen-bond acceptors (Lipinski definition) is 4. The predicted molar refractivity (Wildman–Crippen MR) is 84.3 cm³/mol. The zero-order valence-electron chi connectivity index (χ0n) is 12.0. The first-order chi connectivity index (χ1) is 9.56. The van der Waals surface area contributed by atoms with Crippen LogP contribution in [0.1, 0.15) is 12.5 Å². The van der Waals surface area contributed by atoms with Gasteiger partial charge in [-0.05, 0) is 12.0 Å². The summed E-state index contributed by atoms with van der Waals surface area (Å²) in [6.45, 7) is 2.21. The van der Waals surface area contributed by atoms with Gasteiger partial charge in [-0.15, -0.1) is 11.3 Å². The van der Waals surface area contributed by atoms with E-state index in [0.717, 1.165) is 22.8 Å². The minimum Gasteiger partial charge on any atom is -0.356 e.